The predicted octanol–water partition coefficient (Wildman–Crippen LogP) is 4.20. The number of carbonyl (C=O) groups is 2. The number of fused-ring (bicyclic) bond motifs is 2. The highest BCUT2D eigenvalue weighted by Gasteiger charge is 2.60. The molecule has 5 nitrogen and oxygen atoms in total. The Kier molecular flexibility index (Phi) is 4.19. The van der Waals surface area contributed by atoms with Gasteiger partial charge in [0.15, 0.2) is 5.72 Å². The fourth-order valence-electron chi connectivity index (χ4n) is 5.11. The number of hydrogen-bond acceptors (Lipinski definition) is 3. The minimum Gasteiger partial charge on any atom is -0.467 e. The standard InChI is InChI=1S/C22H21BrN2O3/c23-13-8-10-14(11-9-13)24-20(26)19-18-15-5-1-2-7-17(15)28-22(25-21(19)27)12-4-3-6-16(18)22/h1-2,5,7-11,16,18-19H,3-4,6,12H2,(H,24,26)(H,25,27). The van der Waals surface area contributed by atoms with Gasteiger partial charge in [-0.15, -0.1) is 0 Å². The SMILES string of the molecule is O=C(Nc1ccc(Br)cc1)C1C(=O)NC23CCCCC2C1c1ccccc1O3. The monoisotopic (exact) mass is 440 g/mol. The number of anilines is 1. The first-order valence-corrected chi connectivity index (χ1v) is 10.5. The Morgan fingerprint density at radius 3 is 2.75 bits per heavy atom. The molecule has 6 heteroatoms. The Bertz CT molecular complexity index is 945. The van der Waals surface area contributed by atoms with Crippen LogP contribution in [0.1, 0.15) is 37.2 Å². The molecule has 1 aliphatic carbocycles. The minimum absolute atomic E-state index is 0.106. The van der Waals surface area contributed by atoms with Crippen LogP contribution in [0.4, 0.5) is 5.69 Å². The van der Waals surface area contributed by atoms with E-state index in [9.17, 15) is 9.59 Å². The molecule has 1 saturated heterocycles. The highest BCUT2D eigenvalue weighted by Crippen LogP contribution is 2.55. The van der Waals surface area contributed by atoms with Crippen molar-refractivity contribution in [2.45, 2.75) is 37.3 Å². The van der Waals surface area contributed by atoms with Crippen molar-refractivity contribution in [3.63, 3.8) is 0 Å². The maximum atomic E-state index is 13.2. The summed E-state index contributed by atoms with van der Waals surface area (Å²) in [6.07, 6.45) is 3.84. The quantitative estimate of drug-likeness (QED) is 0.687. The normalized spacial score (nSPS) is 30.3. The molecule has 4 atom stereocenters. The van der Waals surface area contributed by atoms with Gasteiger partial charge in [-0.2, -0.15) is 0 Å². The first-order chi connectivity index (χ1) is 13.6. The van der Waals surface area contributed by atoms with Gasteiger partial charge in [0.05, 0.1) is 0 Å². The number of piperidine rings is 1. The maximum Gasteiger partial charge on any atom is 0.237 e. The Labute approximate surface area is 172 Å². The third-order valence-electron chi connectivity index (χ3n) is 6.29. The van der Waals surface area contributed by atoms with Crippen molar-refractivity contribution < 1.29 is 14.3 Å². The van der Waals surface area contributed by atoms with Gasteiger partial charge in [0, 0.05) is 28.4 Å². The smallest absolute Gasteiger partial charge is 0.237 e. The van der Waals surface area contributed by atoms with Crippen molar-refractivity contribution in [3.8, 4) is 5.75 Å². The van der Waals surface area contributed by atoms with Gasteiger partial charge >= 0.3 is 0 Å². The van der Waals surface area contributed by atoms with E-state index in [0.29, 0.717) is 5.69 Å². The molecule has 2 heterocycles. The van der Waals surface area contributed by atoms with Gasteiger partial charge in [0.1, 0.15) is 11.7 Å². The Balaban J connectivity index is 1.54. The van der Waals surface area contributed by atoms with Crippen LogP contribution >= 0.6 is 15.9 Å². The van der Waals surface area contributed by atoms with Crippen molar-refractivity contribution in [2.75, 3.05) is 5.32 Å². The van der Waals surface area contributed by atoms with Crippen LogP contribution in [0.3, 0.4) is 0 Å². The summed E-state index contributed by atoms with van der Waals surface area (Å²) >= 11 is 3.40. The molecule has 0 aromatic heterocycles. The molecule has 1 saturated carbocycles. The zero-order valence-electron chi connectivity index (χ0n) is 15.3. The lowest BCUT2D eigenvalue weighted by molar-refractivity contribution is -0.160. The van der Waals surface area contributed by atoms with Crippen LogP contribution in [-0.4, -0.2) is 17.5 Å². The summed E-state index contributed by atoms with van der Waals surface area (Å²) < 4.78 is 7.29. The van der Waals surface area contributed by atoms with Crippen molar-refractivity contribution >= 4 is 33.4 Å². The molecule has 2 N–H and O–H groups in total. The molecule has 3 aliphatic rings. The van der Waals surface area contributed by atoms with E-state index in [2.05, 4.69) is 26.6 Å². The molecular formula is C22H21BrN2O3. The minimum atomic E-state index is -0.773. The highest BCUT2D eigenvalue weighted by molar-refractivity contribution is 9.10. The molecular weight excluding hydrogens is 420 g/mol. The first kappa shape index (κ1) is 17.7. The summed E-state index contributed by atoms with van der Waals surface area (Å²) in [6.45, 7) is 0. The van der Waals surface area contributed by atoms with Crippen molar-refractivity contribution in [1.82, 2.24) is 5.32 Å². The lowest BCUT2D eigenvalue weighted by Gasteiger charge is -2.55. The van der Waals surface area contributed by atoms with E-state index in [1.54, 1.807) is 0 Å². The van der Waals surface area contributed by atoms with Crippen LogP contribution in [0.5, 0.6) is 5.75 Å². The number of para-hydroxylation sites is 1. The zero-order valence-corrected chi connectivity index (χ0v) is 16.9. The fourth-order valence-corrected chi connectivity index (χ4v) is 5.37. The lowest BCUT2D eigenvalue weighted by atomic mass is 9.62. The summed E-state index contributed by atoms with van der Waals surface area (Å²) in [5, 5.41) is 6.04. The summed E-state index contributed by atoms with van der Waals surface area (Å²) in [5.74, 6) is -0.561. The van der Waals surface area contributed by atoms with Gasteiger partial charge in [-0.1, -0.05) is 40.5 Å². The van der Waals surface area contributed by atoms with Gasteiger partial charge in [-0.05, 0) is 48.7 Å². The lowest BCUT2D eigenvalue weighted by Crippen LogP contribution is -2.69. The summed E-state index contributed by atoms with van der Waals surface area (Å²) in [7, 11) is 0. The van der Waals surface area contributed by atoms with Crippen LogP contribution in [-0.2, 0) is 9.59 Å². The number of rotatable bonds is 2. The molecule has 2 aromatic rings. The van der Waals surface area contributed by atoms with E-state index in [1.165, 1.54) is 0 Å². The second-order valence-electron chi connectivity index (χ2n) is 7.87. The maximum absolute atomic E-state index is 13.2. The molecule has 5 rings (SSSR count). The topological polar surface area (TPSA) is 67.4 Å². The van der Waals surface area contributed by atoms with Gasteiger partial charge in [0.25, 0.3) is 0 Å². The number of amides is 2. The molecule has 4 unspecified atom stereocenters. The molecule has 2 fully saturated rings. The number of ether oxygens (including phenoxy) is 1. The van der Waals surface area contributed by atoms with Gasteiger partial charge < -0.3 is 15.4 Å². The van der Waals surface area contributed by atoms with Crippen LogP contribution in [0.2, 0.25) is 0 Å². The van der Waals surface area contributed by atoms with E-state index in [1.807, 2.05) is 48.5 Å². The van der Waals surface area contributed by atoms with Crippen LogP contribution in [0, 0.1) is 11.8 Å². The number of halogens is 1. The van der Waals surface area contributed by atoms with Gasteiger partial charge in [-0.3, -0.25) is 9.59 Å². The van der Waals surface area contributed by atoms with Gasteiger partial charge in [-0.25, -0.2) is 0 Å². The molecule has 0 radical (unpaired) electrons. The Morgan fingerprint density at radius 1 is 1.14 bits per heavy atom. The Morgan fingerprint density at radius 2 is 1.93 bits per heavy atom. The van der Waals surface area contributed by atoms with Crippen LogP contribution in [0.15, 0.2) is 53.0 Å². The largest absolute Gasteiger partial charge is 0.467 e. The van der Waals surface area contributed by atoms with E-state index in [4.69, 9.17) is 4.74 Å². The van der Waals surface area contributed by atoms with E-state index >= 15 is 0 Å². The van der Waals surface area contributed by atoms with E-state index in [-0.39, 0.29) is 23.7 Å². The average Bonchev–Trinajstić information content (AvgIpc) is 2.68. The van der Waals surface area contributed by atoms with E-state index < -0.39 is 11.6 Å². The third-order valence-corrected chi connectivity index (χ3v) is 6.82. The second kappa shape index (κ2) is 6.62. The molecule has 144 valence electrons. The zero-order chi connectivity index (χ0) is 19.3. The molecule has 2 amide bonds. The molecule has 2 aliphatic heterocycles. The number of hydrogen-bond donors (Lipinski definition) is 2. The van der Waals surface area contributed by atoms with Crippen molar-refractivity contribution in [3.05, 3.63) is 58.6 Å². The summed E-state index contributed by atoms with van der Waals surface area (Å²) in [6, 6.07) is 15.2. The first-order valence-electron chi connectivity index (χ1n) is 9.74. The molecule has 2 bridgehead atoms. The predicted molar refractivity (Wildman–Crippen MR) is 109 cm³/mol. The summed E-state index contributed by atoms with van der Waals surface area (Å²) in [5.41, 5.74) is 0.973. The van der Waals surface area contributed by atoms with Crippen molar-refractivity contribution in [2.24, 2.45) is 11.8 Å². The number of nitrogens with one attached hydrogen (secondary N) is 2. The summed E-state index contributed by atoms with van der Waals surface area (Å²) in [4.78, 5) is 26.3. The van der Waals surface area contributed by atoms with Crippen LogP contribution < -0.4 is 15.4 Å². The average molecular weight is 441 g/mol. The molecule has 2 aromatic carbocycles. The molecule has 0 spiro atoms. The third kappa shape index (κ3) is 2.73. The number of carbonyl (C=O) groups excluding carboxylic acids is 2. The number of benzene rings is 2. The fraction of sp³-hybridized carbons (Fsp3) is 0.364. The van der Waals surface area contributed by atoms with E-state index in [0.717, 1.165) is 41.5 Å². The van der Waals surface area contributed by atoms with Crippen molar-refractivity contribution in [1.29, 1.82) is 0 Å². The van der Waals surface area contributed by atoms with Crippen LogP contribution in [0.25, 0.3) is 0 Å². The second-order valence-corrected chi connectivity index (χ2v) is 8.79. The Hall–Kier alpha value is -2.34. The molecule has 28 heavy (non-hydrogen) atoms. The highest BCUT2D eigenvalue weighted by atomic mass is 79.9. The van der Waals surface area contributed by atoms with Gasteiger partial charge in [0.2, 0.25) is 11.8 Å².